The summed E-state index contributed by atoms with van der Waals surface area (Å²) in [6.45, 7) is 5.96. The highest BCUT2D eigenvalue weighted by molar-refractivity contribution is 5.87. The largest absolute Gasteiger partial charge is 0.378 e. The lowest BCUT2D eigenvalue weighted by atomic mass is 9.91. The van der Waals surface area contributed by atoms with Gasteiger partial charge in [-0.25, -0.2) is 0 Å². The number of morpholine rings is 1. The molecule has 0 aromatic carbocycles. The monoisotopic (exact) mass is 297 g/mol. The van der Waals surface area contributed by atoms with Crippen LogP contribution < -0.4 is 10.6 Å². The normalized spacial score (nSPS) is 25.9. The number of hydrogen-bond acceptors (Lipinski definition) is 4. The van der Waals surface area contributed by atoms with Crippen LogP contribution in [0.1, 0.15) is 39.0 Å². The van der Waals surface area contributed by atoms with E-state index in [1.807, 2.05) is 4.90 Å². The topological polar surface area (TPSA) is 70.7 Å². The van der Waals surface area contributed by atoms with E-state index in [0.29, 0.717) is 39.3 Å². The number of hydrogen-bond donors (Lipinski definition) is 2. The molecule has 2 fully saturated rings. The van der Waals surface area contributed by atoms with Gasteiger partial charge < -0.3 is 20.3 Å². The molecule has 2 heterocycles. The summed E-state index contributed by atoms with van der Waals surface area (Å²) < 4.78 is 5.23. The maximum atomic E-state index is 12.4. The summed E-state index contributed by atoms with van der Waals surface area (Å²) in [6, 6.07) is 0. The van der Waals surface area contributed by atoms with Gasteiger partial charge in [0.1, 0.15) is 0 Å². The van der Waals surface area contributed by atoms with E-state index in [-0.39, 0.29) is 11.8 Å². The molecule has 0 aliphatic carbocycles. The van der Waals surface area contributed by atoms with Crippen LogP contribution in [0.5, 0.6) is 0 Å². The summed E-state index contributed by atoms with van der Waals surface area (Å²) in [6.07, 6.45) is 4.14. The van der Waals surface area contributed by atoms with Gasteiger partial charge in [-0.05, 0) is 25.8 Å². The van der Waals surface area contributed by atoms with E-state index in [2.05, 4.69) is 17.6 Å². The predicted molar refractivity (Wildman–Crippen MR) is 79.9 cm³/mol. The minimum absolute atomic E-state index is 0.0524. The smallest absolute Gasteiger partial charge is 0.240 e. The molecule has 2 amide bonds. The number of nitrogens with one attached hydrogen (secondary N) is 2. The van der Waals surface area contributed by atoms with Crippen molar-refractivity contribution in [1.29, 1.82) is 0 Å². The van der Waals surface area contributed by atoms with Gasteiger partial charge in [-0.1, -0.05) is 13.3 Å². The van der Waals surface area contributed by atoms with Gasteiger partial charge in [0.2, 0.25) is 11.8 Å². The lowest BCUT2D eigenvalue weighted by Gasteiger charge is -2.29. The summed E-state index contributed by atoms with van der Waals surface area (Å²) >= 11 is 0. The average molecular weight is 297 g/mol. The van der Waals surface area contributed by atoms with Crippen LogP contribution in [0.25, 0.3) is 0 Å². The predicted octanol–water partition coefficient (Wildman–Crippen LogP) is 0.274. The molecule has 2 N–H and O–H groups in total. The van der Waals surface area contributed by atoms with Crippen LogP contribution in [0.2, 0.25) is 0 Å². The molecule has 2 rings (SSSR count). The Hall–Kier alpha value is -1.14. The van der Waals surface area contributed by atoms with Crippen LogP contribution in [-0.4, -0.2) is 61.6 Å². The second-order valence-electron chi connectivity index (χ2n) is 5.86. The number of carbonyl (C=O) groups is 2. The van der Waals surface area contributed by atoms with Crippen LogP contribution in [0, 0.1) is 0 Å². The van der Waals surface area contributed by atoms with Crippen molar-refractivity contribution in [3.63, 3.8) is 0 Å². The molecule has 1 atom stereocenters. The number of amides is 2. The van der Waals surface area contributed by atoms with E-state index in [4.69, 9.17) is 4.74 Å². The standard InChI is InChI=1S/C15H27N3O3/c1-2-5-15(6-3-7-17-15)14(20)16-8-4-13(19)18-9-11-21-12-10-18/h17H,2-12H2,1H3,(H,16,20). The average Bonchev–Trinajstić information content (AvgIpc) is 2.98. The van der Waals surface area contributed by atoms with Crippen LogP contribution >= 0.6 is 0 Å². The van der Waals surface area contributed by atoms with E-state index in [9.17, 15) is 9.59 Å². The first-order chi connectivity index (χ1) is 10.2. The fourth-order valence-corrected chi connectivity index (χ4v) is 3.18. The Morgan fingerprint density at radius 3 is 2.71 bits per heavy atom. The van der Waals surface area contributed by atoms with Crippen molar-refractivity contribution in [2.24, 2.45) is 0 Å². The summed E-state index contributed by atoms with van der Waals surface area (Å²) in [7, 11) is 0. The second-order valence-corrected chi connectivity index (χ2v) is 5.86. The zero-order chi connectivity index (χ0) is 15.1. The van der Waals surface area contributed by atoms with Crippen molar-refractivity contribution in [2.75, 3.05) is 39.4 Å². The van der Waals surface area contributed by atoms with Crippen molar-refractivity contribution in [3.05, 3.63) is 0 Å². The molecule has 0 aromatic heterocycles. The lowest BCUT2D eigenvalue weighted by Crippen LogP contribution is -2.54. The van der Waals surface area contributed by atoms with E-state index in [0.717, 1.165) is 32.2 Å². The molecule has 2 aliphatic heterocycles. The van der Waals surface area contributed by atoms with Gasteiger partial charge >= 0.3 is 0 Å². The second kappa shape index (κ2) is 7.75. The van der Waals surface area contributed by atoms with Crippen molar-refractivity contribution in [2.45, 2.75) is 44.6 Å². The summed E-state index contributed by atoms with van der Waals surface area (Å²) in [4.78, 5) is 26.2. The Balaban J connectivity index is 1.74. The highest BCUT2D eigenvalue weighted by Gasteiger charge is 2.39. The van der Waals surface area contributed by atoms with Gasteiger partial charge in [0.15, 0.2) is 0 Å². The molecular weight excluding hydrogens is 270 g/mol. The molecule has 0 aromatic rings. The third-order valence-electron chi connectivity index (χ3n) is 4.34. The molecule has 120 valence electrons. The van der Waals surface area contributed by atoms with Crippen LogP contribution in [0.4, 0.5) is 0 Å². The number of ether oxygens (including phenoxy) is 1. The van der Waals surface area contributed by atoms with E-state index >= 15 is 0 Å². The van der Waals surface area contributed by atoms with Gasteiger partial charge in [0.25, 0.3) is 0 Å². The molecule has 0 saturated carbocycles. The van der Waals surface area contributed by atoms with Gasteiger partial charge in [0, 0.05) is 26.1 Å². The Morgan fingerprint density at radius 1 is 1.33 bits per heavy atom. The van der Waals surface area contributed by atoms with Gasteiger partial charge in [-0.3, -0.25) is 9.59 Å². The molecule has 0 radical (unpaired) electrons. The molecule has 2 aliphatic rings. The number of nitrogens with zero attached hydrogens (tertiary/aromatic N) is 1. The highest BCUT2D eigenvalue weighted by atomic mass is 16.5. The van der Waals surface area contributed by atoms with Crippen LogP contribution in [0.3, 0.4) is 0 Å². The molecule has 2 saturated heterocycles. The molecule has 0 bridgehead atoms. The van der Waals surface area contributed by atoms with Gasteiger partial charge in [-0.2, -0.15) is 0 Å². The molecular formula is C15H27N3O3. The first kappa shape index (κ1) is 16.2. The zero-order valence-electron chi connectivity index (χ0n) is 13.0. The maximum Gasteiger partial charge on any atom is 0.240 e. The Morgan fingerprint density at radius 2 is 2.10 bits per heavy atom. The Bertz CT molecular complexity index is 361. The fraction of sp³-hybridized carbons (Fsp3) is 0.867. The molecule has 21 heavy (non-hydrogen) atoms. The highest BCUT2D eigenvalue weighted by Crippen LogP contribution is 2.24. The van der Waals surface area contributed by atoms with Crippen molar-refractivity contribution < 1.29 is 14.3 Å². The summed E-state index contributed by atoms with van der Waals surface area (Å²) in [5, 5.41) is 6.29. The number of carbonyl (C=O) groups excluding carboxylic acids is 2. The Kier molecular flexibility index (Phi) is 5.99. The van der Waals surface area contributed by atoms with Crippen LogP contribution in [-0.2, 0) is 14.3 Å². The Labute approximate surface area is 126 Å². The van der Waals surface area contributed by atoms with E-state index < -0.39 is 5.54 Å². The molecule has 6 heteroatoms. The van der Waals surface area contributed by atoms with Gasteiger partial charge in [-0.15, -0.1) is 0 Å². The zero-order valence-corrected chi connectivity index (χ0v) is 13.0. The first-order valence-electron chi connectivity index (χ1n) is 8.07. The third-order valence-corrected chi connectivity index (χ3v) is 4.34. The van der Waals surface area contributed by atoms with E-state index in [1.54, 1.807) is 0 Å². The van der Waals surface area contributed by atoms with E-state index in [1.165, 1.54) is 0 Å². The van der Waals surface area contributed by atoms with Crippen molar-refractivity contribution in [1.82, 2.24) is 15.5 Å². The molecule has 6 nitrogen and oxygen atoms in total. The lowest BCUT2D eigenvalue weighted by molar-refractivity contribution is -0.135. The van der Waals surface area contributed by atoms with Crippen LogP contribution in [0.15, 0.2) is 0 Å². The van der Waals surface area contributed by atoms with Gasteiger partial charge in [0.05, 0.1) is 18.8 Å². The first-order valence-corrected chi connectivity index (χ1v) is 8.07. The SMILES string of the molecule is CCCC1(C(=O)NCCC(=O)N2CCOCC2)CCCN1. The number of rotatable bonds is 6. The fourth-order valence-electron chi connectivity index (χ4n) is 3.18. The summed E-state index contributed by atoms with van der Waals surface area (Å²) in [5.41, 5.74) is -0.406. The third kappa shape index (κ3) is 4.17. The molecule has 0 spiro atoms. The van der Waals surface area contributed by atoms with Crippen molar-refractivity contribution in [3.8, 4) is 0 Å². The quantitative estimate of drug-likeness (QED) is 0.738. The summed E-state index contributed by atoms with van der Waals surface area (Å²) in [5.74, 6) is 0.152. The maximum absolute atomic E-state index is 12.4. The van der Waals surface area contributed by atoms with Crippen molar-refractivity contribution >= 4 is 11.8 Å². The minimum Gasteiger partial charge on any atom is -0.378 e. The minimum atomic E-state index is -0.406. The molecule has 1 unspecified atom stereocenters.